The largest absolute Gasteiger partial charge is 0.457 e. The van der Waals surface area contributed by atoms with E-state index in [-0.39, 0.29) is 22.1 Å². The van der Waals surface area contributed by atoms with Crippen LogP contribution in [0.1, 0.15) is 30.0 Å². The van der Waals surface area contributed by atoms with E-state index in [0.717, 1.165) is 5.57 Å². The van der Waals surface area contributed by atoms with E-state index in [1.54, 1.807) is 25.1 Å². The molecule has 0 fully saturated rings. The molecule has 0 radical (unpaired) electrons. The summed E-state index contributed by atoms with van der Waals surface area (Å²) in [5.74, 6) is -1.90. The van der Waals surface area contributed by atoms with Crippen molar-refractivity contribution in [2.24, 2.45) is 0 Å². The molecule has 7 nitrogen and oxygen atoms in total. The Kier molecular flexibility index (Phi) is 7.17. The summed E-state index contributed by atoms with van der Waals surface area (Å²) >= 11 is 0. The van der Waals surface area contributed by atoms with Crippen LogP contribution in [0.5, 0.6) is 0 Å². The minimum Gasteiger partial charge on any atom is -0.457 e. The number of amides is 1. The summed E-state index contributed by atoms with van der Waals surface area (Å²) in [6.07, 6.45) is 1.22. The van der Waals surface area contributed by atoms with Crippen molar-refractivity contribution >= 4 is 21.7 Å². The van der Waals surface area contributed by atoms with Gasteiger partial charge in [0.05, 0.1) is 16.9 Å². The highest BCUT2D eigenvalue weighted by Gasteiger charge is 2.24. The van der Waals surface area contributed by atoms with E-state index in [1.807, 2.05) is 6.92 Å². The number of hydrogen-bond acceptors (Lipinski definition) is 6. The third-order valence-electron chi connectivity index (χ3n) is 3.90. The number of benzene rings is 1. The first-order valence-corrected chi connectivity index (χ1v) is 10.3. The molecule has 0 saturated carbocycles. The molecular formula is C20H23NO6S. The maximum absolute atomic E-state index is 12.5. The minimum absolute atomic E-state index is 0.143. The van der Waals surface area contributed by atoms with Gasteiger partial charge in [0.15, 0.2) is 16.4 Å². The van der Waals surface area contributed by atoms with Crippen LogP contribution < -0.4 is 0 Å². The molecule has 1 amide bonds. The first kappa shape index (κ1) is 21.4. The quantitative estimate of drug-likeness (QED) is 0.470. The lowest BCUT2D eigenvalue weighted by Gasteiger charge is -2.20. The van der Waals surface area contributed by atoms with Crippen LogP contribution >= 0.6 is 0 Å². The van der Waals surface area contributed by atoms with E-state index >= 15 is 0 Å². The van der Waals surface area contributed by atoms with Crippen LogP contribution in [0, 0.1) is 0 Å². The lowest BCUT2D eigenvalue weighted by atomic mass is 10.3. The highest BCUT2D eigenvalue weighted by Crippen LogP contribution is 2.20. The summed E-state index contributed by atoms with van der Waals surface area (Å²) in [7, 11) is -3.65. The topological polar surface area (TPSA) is 93.9 Å². The van der Waals surface area contributed by atoms with Crippen molar-refractivity contribution in [2.45, 2.75) is 24.5 Å². The Morgan fingerprint density at radius 1 is 1.18 bits per heavy atom. The molecule has 8 heteroatoms. The number of esters is 1. The predicted octanol–water partition coefficient (Wildman–Crippen LogP) is 2.83. The van der Waals surface area contributed by atoms with Crippen molar-refractivity contribution in [3.8, 4) is 0 Å². The highest BCUT2D eigenvalue weighted by atomic mass is 32.2. The molecule has 0 unspecified atom stereocenters. The number of ether oxygens (including phenoxy) is 1. The van der Waals surface area contributed by atoms with Crippen LogP contribution in [0.4, 0.5) is 0 Å². The Labute approximate surface area is 164 Å². The van der Waals surface area contributed by atoms with Gasteiger partial charge in [-0.25, -0.2) is 13.2 Å². The van der Waals surface area contributed by atoms with E-state index in [1.165, 1.54) is 29.4 Å². The normalized spacial score (nSPS) is 11.1. The van der Waals surface area contributed by atoms with Crippen molar-refractivity contribution in [3.05, 3.63) is 66.1 Å². The van der Waals surface area contributed by atoms with Crippen molar-refractivity contribution in [1.29, 1.82) is 0 Å². The maximum Gasteiger partial charge on any atom is 0.375 e. The van der Waals surface area contributed by atoms with Gasteiger partial charge >= 0.3 is 5.97 Å². The van der Waals surface area contributed by atoms with Crippen molar-refractivity contribution < 1.29 is 27.2 Å². The van der Waals surface area contributed by atoms with Crippen molar-refractivity contribution in [1.82, 2.24) is 4.90 Å². The van der Waals surface area contributed by atoms with Gasteiger partial charge in [-0.3, -0.25) is 4.79 Å². The standard InChI is InChI=1S/C20H23NO6S/c1-4-21(12-15(2)3)18(22)13-27-20(23)19-16(10-11-26-19)14-28(24,25)17-8-6-5-7-9-17/h5-11H,2,4,12-14H2,1,3H3. The van der Waals surface area contributed by atoms with Gasteiger partial charge in [-0.05, 0) is 32.0 Å². The summed E-state index contributed by atoms with van der Waals surface area (Å²) in [4.78, 5) is 26.1. The average molecular weight is 405 g/mol. The molecule has 28 heavy (non-hydrogen) atoms. The maximum atomic E-state index is 12.5. The molecular weight excluding hydrogens is 382 g/mol. The van der Waals surface area contributed by atoms with E-state index in [0.29, 0.717) is 13.1 Å². The molecule has 150 valence electrons. The fourth-order valence-corrected chi connectivity index (χ4v) is 3.91. The molecule has 0 aliphatic carbocycles. The molecule has 0 aliphatic heterocycles. The summed E-state index contributed by atoms with van der Waals surface area (Å²) in [5, 5.41) is 0. The Balaban J connectivity index is 2.05. The fraction of sp³-hybridized carbons (Fsp3) is 0.300. The summed E-state index contributed by atoms with van der Waals surface area (Å²) in [5.41, 5.74) is 0.983. The van der Waals surface area contributed by atoms with E-state index in [2.05, 4.69) is 6.58 Å². The molecule has 1 aromatic carbocycles. The zero-order valence-electron chi connectivity index (χ0n) is 15.9. The molecule has 0 aliphatic rings. The van der Waals surface area contributed by atoms with Gasteiger partial charge in [-0.2, -0.15) is 0 Å². The first-order chi connectivity index (χ1) is 13.2. The molecule has 0 saturated heterocycles. The monoisotopic (exact) mass is 405 g/mol. The molecule has 0 spiro atoms. The minimum atomic E-state index is -3.65. The molecule has 1 heterocycles. The van der Waals surface area contributed by atoms with E-state index in [9.17, 15) is 18.0 Å². The predicted molar refractivity (Wildman–Crippen MR) is 103 cm³/mol. The number of carbonyl (C=O) groups is 2. The van der Waals surface area contributed by atoms with E-state index in [4.69, 9.17) is 9.15 Å². The van der Waals surface area contributed by atoms with Gasteiger partial charge in [-0.15, -0.1) is 0 Å². The smallest absolute Gasteiger partial charge is 0.375 e. The Hall–Kier alpha value is -2.87. The molecule has 0 bridgehead atoms. The number of rotatable bonds is 9. The van der Waals surface area contributed by atoms with Crippen LogP contribution in [-0.2, 0) is 25.1 Å². The summed E-state index contributed by atoms with van der Waals surface area (Å²) in [6, 6.07) is 9.31. The number of furan rings is 1. The third kappa shape index (κ3) is 5.56. The van der Waals surface area contributed by atoms with Gasteiger partial charge in [0.25, 0.3) is 5.91 Å². The number of carbonyl (C=O) groups excluding carboxylic acids is 2. The molecule has 1 aromatic heterocycles. The first-order valence-electron chi connectivity index (χ1n) is 8.68. The lowest BCUT2D eigenvalue weighted by molar-refractivity contribution is -0.134. The number of likely N-dealkylation sites (N-methyl/N-ethyl adjacent to an activating group) is 1. The van der Waals surface area contributed by atoms with Gasteiger partial charge in [0.2, 0.25) is 5.76 Å². The molecule has 2 aromatic rings. The fourth-order valence-electron chi connectivity index (χ4n) is 2.53. The Morgan fingerprint density at radius 2 is 1.86 bits per heavy atom. The van der Waals surface area contributed by atoms with Crippen LogP contribution in [-0.4, -0.2) is 44.9 Å². The lowest BCUT2D eigenvalue weighted by Crippen LogP contribution is -2.35. The third-order valence-corrected chi connectivity index (χ3v) is 5.58. The summed E-state index contributed by atoms with van der Waals surface area (Å²) in [6.45, 7) is 7.71. The Morgan fingerprint density at radius 3 is 2.46 bits per heavy atom. The second kappa shape index (κ2) is 9.36. The van der Waals surface area contributed by atoms with Gasteiger partial charge in [0.1, 0.15) is 0 Å². The Bertz CT molecular complexity index is 946. The van der Waals surface area contributed by atoms with Gasteiger partial charge < -0.3 is 14.1 Å². The number of nitrogens with zero attached hydrogens (tertiary/aromatic N) is 1. The van der Waals surface area contributed by atoms with Crippen LogP contribution in [0.15, 0.2) is 64.1 Å². The molecule has 0 atom stereocenters. The van der Waals surface area contributed by atoms with Gasteiger partial charge in [-0.1, -0.05) is 30.4 Å². The molecule has 2 rings (SSSR count). The second-order valence-corrected chi connectivity index (χ2v) is 8.28. The second-order valence-electron chi connectivity index (χ2n) is 6.29. The number of sulfone groups is 1. The van der Waals surface area contributed by atoms with Crippen molar-refractivity contribution in [3.63, 3.8) is 0 Å². The zero-order valence-corrected chi connectivity index (χ0v) is 16.7. The van der Waals surface area contributed by atoms with E-state index < -0.39 is 28.2 Å². The molecule has 0 N–H and O–H groups in total. The van der Waals surface area contributed by atoms with Crippen LogP contribution in [0.3, 0.4) is 0 Å². The van der Waals surface area contributed by atoms with Crippen LogP contribution in [0.25, 0.3) is 0 Å². The average Bonchev–Trinajstić information content (AvgIpc) is 3.11. The highest BCUT2D eigenvalue weighted by molar-refractivity contribution is 7.90. The summed E-state index contributed by atoms with van der Waals surface area (Å²) < 4.78 is 35.2. The zero-order chi connectivity index (χ0) is 20.7. The van der Waals surface area contributed by atoms with Gasteiger partial charge in [0, 0.05) is 18.7 Å². The number of hydrogen-bond donors (Lipinski definition) is 0. The SMILES string of the molecule is C=C(C)CN(CC)C(=O)COC(=O)c1occc1CS(=O)(=O)c1ccccc1. The van der Waals surface area contributed by atoms with Crippen molar-refractivity contribution in [2.75, 3.05) is 19.7 Å². The van der Waals surface area contributed by atoms with Crippen LogP contribution in [0.2, 0.25) is 0 Å².